The number of hydrogen-bond acceptors (Lipinski definition) is 9. The molecule has 35 heavy (non-hydrogen) atoms. The highest BCUT2D eigenvalue weighted by Crippen LogP contribution is 2.32. The minimum Gasteiger partial charge on any atom is -0.450 e. The zero-order valence-electron chi connectivity index (χ0n) is 21.8. The Balaban J connectivity index is 1.74. The van der Waals surface area contributed by atoms with Gasteiger partial charge in [-0.1, -0.05) is 19.6 Å². The molecule has 1 aromatic heterocycles. The first-order chi connectivity index (χ1) is 16.0. The zero-order chi connectivity index (χ0) is 26.2. The lowest BCUT2D eigenvalue weighted by Crippen LogP contribution is -2.49. The predicted octanol–water partition coefficient (Wildman–Crippen LogP) is 2.73. The number of rotatable bonds is 5. The van der Waals surface area contributed by atoms with Gasteiger partial charge in [0.2, 0.25) is 15.0 Å². The van der Waals surface area contributed by atoms with Crippen LogP contribution in [0, 0.1) is 0 Å². The molecule has 0 radical (unpaired) electrons. The van der Waals surface area contributed by atoms with E-state index in [-0.39, 0.29) is 24.3 Å². The summed E-state index contributed by atoms with van der Waals surface area (Å²) in [6, 6.07) is 0.911. The van der Waals surface area contributed by atoms with Crippen molar-refractivity contribution >= 4 is 35.9 Å². The molecule has 3 rings (SSSR count). The third-order valence-electron chi connectivity index (χ3n) is 5.64. The number of aromatic nitrogens is 2. The second kappa shape index (κ2) is 9.92. The van der Waals surface area contributed by atoms with Gasteiger partial charge in [0.05, 0.1) is 25.4 Å². The van der Waals surface area contributed by atoms with Gasteiger partial charge in [0.25, 0.3) is 0 Å². The molecule has 13 heteroatoms. The van der Waals surface area contributed by atoms with Crippen molar-refractivity contribution < 1.29 is 27.5 Å². The Morgan fingerprint density at radius 2 is 1.60 bits per heavy atom. The molecule has 2 aliphatic heterocycles. The molecule has 0 saturated carbocycles. The summed E-state index contributed by atoms with van der Waals surface area (Å²) in [6.07, 6.45) is 0.241. The van der Waals surface area contributed by atoms with Gasteiger partial charge in [0.1, 0.15) is 11.4 Å². The largest absolute Gasteiger partial charge is 0.450 e. The second-order valence-corrected chi connectivity index (χ2v) is 18.8. The second-order valence-electron chi connectivity index (χ2n) is 11.3. The Bertz CT molecular complexity index is 1080. The van der Waals surface area contributed by atoms with Gasteiger partial charge in [0.15, 0.2) is 0 Å². The first-order valence-corrected chi connectivity index (χ1v) is 17.4. The molecule has 1 saturated heterocycles. The molecule has 11 nitrogen and oxygen atoms in total. The van der Waals surface area contributed by atoms with E-state index in [2.05, 4.69) is 29.6 Å². The highest BCUT2D eigenvalue weighted by Gasteiger charge is 2.35. The highest BCUT2D eigenvalue weighted by atomic mass is 32.2. The van der Waals surface area contributed by atoms with Gasteiger partial charge in [-0.3, -0.25) is 4.90 Å². The molecule has 1 fully saturated rings. The van der Waals surface area contributed by atoms with Crippen LogP contribution in [-0.2, 0) is 32.4 Å². The minimum atomic E-state index is -3.66. The number of nitrogens with zero attached hydrogens (tertiary/aromatic N) is 5. The van der Waals surface area contributed by atoms with Crippen LogP contribution in [0.15, 0.2) is 5.16 Å². The Morgan fingerprint density at radius 1 is 0.971 bits per heavy atom. The number of amides is 2. The molecule has 0 spiro atoms. The Hall–Kier alpha value is -2.41. The smallest absolute Gasteiger partial charge is 0.410 e. The van der Waals surface area contributed by atoms with E-state index in [1.54, 1.807) is 25.7 Å². The average Bonchev–Trinajstić information content (AvgIpc) is 3.15. The monoisotopic (exact) mass is 527 g/mol. The third kappa shape index (κ3) is 7.29. The number of ether oxygens (including phenoxy) is 2. The molecule has 3 heterocycles. The SMILES string of the molecule is CC(C)(C)OC(=O)N1Cc2nc(S(C)(=O)=O)nc(N3CCN(C(=O)OCC[Si](C)(C)C)CC3)c2C1. The van der Waals surface area contributed by atoms with E-state index in [4.69, 9.17) is 9.47 Å². The van der Waals surface area contributed by atoms with E-state index >= 15 is 0 Å². The van der Waals surface area contributed by atoms with Crippen molar-refractivity contribution in [2.45, 2.75) is 70.3 Å². The Kier molecular flexibility index (Phi) is 7.70. The number of sulfone groups is 1. The lowest BCUT2D eigenvalue weighted by molar-refractivity contribution is 0.0240. The lowest BCUT2D eigenvalue weighted by Gasteiger charge is -2.35. The van der Waals surface area contributed by atoms with Crippen LogP contribution in [0.3, 0.4) is 0 Å². The van der Waals surface area contributed by atoms with Crippen LogP contribution in [0.4, 0.5) is 15.4 Å². The van der Waals surface area contributed by atoms with Gasteiger partial charge in [-0.15, -0.1) is 0 Å². The molecule has 196 valence electrons. The summed E-state index contributed by atoms with van der Waals surface area (Å²) in [6.45, 7) is 14.6. The van der Waals surface area contributed by atoms with Gasteiger partial charge in [-0.05, 0) is 26.8 Å². The van der Waals surface area contributed by atoms with Crippen LogP contribution >= 0.6 is 0 Å². The van der Waals surface area contributed by atoms with Crippen LogP contribution in [0.1, 0.15) is 32.0 Å². The van der Waals surface area contributed by atoms with Crippen molar-refractivity contribution in [3.63, 3.8) is 0 Å². The van der Waals surface area contributed by atoms with Gasteiger partial charge in [-0.25, -0.2) is 28.0 Å². The van der Waals surface area contributed by atoms with E-state index in [9.17, 15) is 18.0 Å². The van der Waals surface area contributed by atoms with Crippen LogP contribution in [0.2, 0.25) is 25.7 Å². The fraction of sp³-hybridized carbons (Fsp3) is 0.727. The average molecular weight is 528 g/mol. The number of carbonyl (C=O) groups is 2. The first kappa shape index (κ1) is 27.2. The number of carbonyl (C=O) groups excluding carboxylic acids is 2. The van der Waals surface area contributed by atoms with Gasteiger partial charge >= 0.3 is 12.2 Å². The van der Waals surface area contributed by atoms with E-state index in [1.165, 1.54) is 4.90 Å². The maximum atomic E-state index is 12.6. The molecule has 0 atom stereocenters. The Labute approximate surface area is 208 Å². The first-order valence-electron chi connectivity index (χ1n) is 11.8. The predicted molar refractivity (Wildman–Crippen MR) is 134 cm³/mol. The molecule has 1 aromatic rings. The van der Waals surface area contributed by atoms with E-state index < -0.39 is 29.6 Å². The standard InChI is InChI=1S/C22H37N5O6SSi/c1-22(2,3)33-21(29)27-14-16-17(15-27)23-19(34(4,30)31)24-18(16)25-8-10-26(11-9-25)20(28)32-12-13-35(5,6)7/h8-15H2,1-7H3. The van der Waals surface area contributed by atoms with Crippen molar-refractivity contribution in [1.82, 2.24) is 19.8 Å². The number of piperazine rings is 1. The number of anilines is 1. The molecule has 2 amide bonds. The Morgan fingerprint density at radius 3 is 2.14 bits per heavy atom. The van der Waals surface area contributed by atoms with Gasteiger partial charge in [0, 0.05) is 46.1 Å². The summed E-state index contributed by atoms with van der Waals surface area (Å²) < 4.78 is 35.5. The summed E-state index contributed by atoms with van der Waals surface area (Å²) >= 11 is 0. The summed E-state index contributed by atoms with van der Waals surface area (Å²) in [7, 11) is -4.95. The topological polar surface area (TPSA) is 122 Å². The van der Waals surface area contributed by atoms with Crippen molar-refractivity contribution in [3.05, 3.63) is 11.3 Å². The lowest BCUT2D eigenvalue weighted by atomic mass is 10.2. The molecular formula is C22H37N5O6SSi. The molecular weight excluding hydrogens is 490 g/mol. The molecule has 2 aliphatic rings. The quantitative estimate of drug-likeness (QED) is 0.420. The van der Waals surface area contributed by atoms with Crippen molar-refractivity contribution in [2.75, 3.05) is 43.9 Å². The maximum Gasteiger partial charge on any atom is 0.410 e. The number of fused-ring (bicyclic) bond motifs is 1. The minimum absolute atomic E-state index is 0.145. The van der Waals surface area contributed by atoms with Crippen molar-refractivity contribution in [2.24, 2.45) is 0 Å². The number of hydrogen-bond donors (Lipinski definition) is 0. The van der Waals surface area contributed by atoms with E-state index in [0.29, 0.717) is 49.9 Å². The molecule has 0 unspecified atom stereocenters. The van der Waals surface area contributed by atoms with Crippen LogP contribution in [0.25, 0.3) is 0 Å². The van der Waals surface area contributed by atoms with Crippen molar-refractivity contribution in [3.8, 4) is 0 Å². The molecule has 0 N–H and O–H groups in total. The fourth-order valence-corrected chi connectivity index (χ4v) is 4.98. The van der Waals surface area contributed by atoms with Crippen LogP contribution in [0.5, 0.6) is 0 Å². The molecule has 0 bridgehead atoms. The third-order valence-corrected chi connectivity index (χ3v) is 8.19. The summed E-state index contributed by atoms with van der Waals surface area (Å²) in [4.78, 5) is 38.8. The van der Waals surface area contributed by atoms with Gasteiger partial charge < -0.3 is 19.3 Å². The molecule has 0 aliphatic carbocycles. The maximum absolute atomic E-state index is 12.6. The zero-order valence-corrected chi connectivity index (χ0v) is 23.6. The summed E-state index contributed by atoms with van der Waals surface area (Å²) in [5.74, 6) is 0.480. The summed E-state index contributed by atoms with van der Waals surface area (Å²) in [5.41, 5.74) is 0.544. The fourth-order valence-electron chi connectivity index (χ4n) is 3.73. The van der Waals surface area contributed by atoms with Crippen molar-refractivity contribution in [1.29, 1.82) is 0 Å². The molecule has 0 aromatic carbocycles. The van der Waals surface area contributed by atoms with E-state index in [0.717, 1.165) is 12.3 Å². The van der Waals surface area contributed by atoms with Crippen LogP contribution in [-0.4, -0.2) is 93.1 Å². The normalized spacial score (nSPS) is 16.8. The van der Waals surface area contributed by atoms with E-state index in [1.807, 2.05) is 4.90 Å². The summed E-state index contributed by atoms with van der Waals surface area (Å²) in [5, 5.41) is -0.273. The van der Waals surface area contributed by atoms with Crippen LogP contribution < -0.4 is 4.90 Å². The highest BCUT2D eigenvalue weighted by molar-refractivity contribution is 7.90. The van der Waals surface area contributed by atoms with Gasteiger partial charge in [-0.2, -0.15) is 0 Å².